The zero-order chi connectivity index (χ0) is 14.1. The molecule has 0 aliphatic heterocycles. The number of benzene rings is 1. The van der Waals surface area contributed by atoms with Crippen LogP contribution in [0.4, 0.5) is 0 Å². The van der Waals surface area contributed by atoms with Crippen molar-refractivity contribution in [2.24, 2.45) is 5.92 Å². The molecule has 0 fully saturated rings. The summed E-state index contributed by atoms with van der Waals surface area (Å²) in [6.45, 7) is 1.12. The molecular formula is C12H16O6. The van der Waals surface area contributed by atoms with E-state index in [0.29, 0.717) is 0 Å². The van der Waals surface area contributed by atoms with Crippen LogP contribution >= 0.6 is 0 Å². The molecule has 2 N–H and O–H groups in total. The number of carboxylic acid groups (broad SMARTS) is 2. The summed E-state index contributed by atoms with van der Waals surface area (Å²) >= 11 is 0. The summed E-state index contributed by atoms with van der Waals surface area (Å²) in [6.07, 6.45) is 0. The highest BCUT2D eigenvalue weighted by molar-refractivity contribution is 5.92. The Morgan fingerprint density at radius 3 is 1.67 bits per heavy atom. The summed E-state index contributed by atoms with van der Waals surface area (Å²) in [5.41, 5.74) is 0. The largest absolute Gasteiger partial charge is 0.497 e. The van der Waals surface area contributed by atoms with Crippen LogP contribution in [-0.2, 0) is 9.59 Å². The van der Waals surface area contributed by atoms with Crippen molar-refractivity contribution in [3.8, 4) is 11.5 Å². The minimum atomic E-state index is -1.31. The van der Waals surface area contributed by atoms with Gasteiger partial charge in [0.25, 0.3) is 0 Å². The van der Waals surface area contributed by atoms with Crippen molar-refractivity contribution in [2.45, 2.75) is 6.92 Å². The van der Waals surface area contributed by atoms with E-state index in [9.17, 15) is 9.59 Å². The molecule has 0 aliphatic carbocycles. The zero-order valence-corrected chi connectivity index (χ0v) is 10.4. The van der Waals surface area contributed by atoms with Crippen LogP contribution in [0.5, 0.6) is 11.5 Å². The first kappa shape index (κ1) is 15.8. The lowest BCUT2D eigenvalue weighted by Gasteiger charge is -2.01. The number of hydrogen-bond donors (Lipinski definition) is 2. The third kappa shape index (κ3) is 5.74. The second kappa shape index (κ2) is 7.94. The molecule has 18 heavy (non-hydrogen) atoms. The highest BCUT2D eigenvalue weighted by Gasteiger charge is 2.18. The molecule has 0 spiro atoms. The van der Waals surface area contributed by atoms with Crippen molar-refractivity contribution in [2.75, 3.05) is 14.2 Å². The molecule has 0 saturated carbocycles. The molecule has 1 rings (SSSR count). The van der Waals surface area contributed by atoms with Crippen molar-refractivity contribution in [3.63, 3.8) is 0 Å². The highest BCUT2D eigenvalue weighted by atomic mass is 16.5. The molecule has 0 unspecified atom stereocenters. The highest BCUT2D eigenvalue weighted by Crippen LogP contribution is 2.17. The van der Waals surface area contributed by atoms with Crippen molar-refractivity contribution < 1.29 is 29.3 Å². The monoisotopic (exact) mass is 256 g/mol. The lowest BCUT2D eigenvalue weighted by Crippen LogP contribution is -2.19. The van der Waals surface area contributed by atoms with Crippen LogP contribution in [0, 0.1) is 5.92 Å². The van der Waals surface area contributed by atoms with Crippen molar-refractivity contribution in [3.05, 3.63) is 24.3 Å². The van der Waals surface area contributed by atoms with Crippen LogP contribution in [0.3, 0.4) is 0 Å². The van der Waals surface area contributed by atoms with Gasteiger partial charge in [0, 0.05) is 6.07 Å². The summed E-state index contributed by atoms with van der Waals surface area (Å²) < 4.78 is 9.95. The first-order valence-corrected chi connectivity index (χ1v) is 5.06. The molecule has 0 bridgehead atoms. The molecule has 0 saturated heterocycles. The quantitative estimate of drug-likeness (QED) is 0.793. The number of ether oxygens (including phenoxy) is 2. The molecule has 100 valence electrons. The van der Waals surface area contributed by atoms with Crippen LogP contribution in [0.15, 0.2) is 24.3 Å². The van der Waals surface area contributed by atoms with E-state index in [1.807, 2.05) is 24.3 Å². The van der Waals surface area contributed by atoms with Crippen LogP contribution < -0.4 is 9.47 Å². The molecule has 6 heteroatoms. The Labute approximate surface area is 105 Å². The van der Waals surface area contributed by atoms with Gasteiger partial charge in [-0.05, 0) is 19.1 Å². The minimum absolute atomic E-state index is 0.819. The standard InChI is InChI=1S/C8H10O2.C4H6O4/c1-9-7-4-3-5-8(6-7)10-2;1-2(3(5)6)4(7)8/h3-6H,1-2H3;2H,1H3,(H,5,6)(H,7,8). The molecule has 0 aromatic heterocycles. The molecule has 0 heterocycles. The lowest BCUT2D eigenvalue weighted by atomic mass is 10.2. The topological polar surface area (TPSA) is 93.1 Å². The Morgan fingerprint density at radius 1 is 1.06 bits per heavy atom. The predicted molar refractivity (Wildman–Crippen MR) is 64.0 cm³/mol. The van der Waals surface area contributed by atoms with Crippen molar-refractivity contribution >= 4 is 11.9 Å². The van der Waals surface area contributed by atoms with Crippen LogP contribution in [0.25, 0.3) is 0 Å². The van der Waals surface area contributed by atoms with Crippen LogP contribution in [-0.4, -0.2) is 36.4 Å². The van der Waals surface area contributed by atoms with Gasteiger partial charge in [0.15, 0.2) is 5.92 Å². The van der Waals surface area contributed by atoms with Crippen molar-refractivity contribution in [1.29, 1.82) is 0 Å². The Bertz CT molecular complexity index is 368. The van der Waals surface area contributed by atoms with Gasteiger partial charge >= 0.3 is 11.9 Å². The van der Waals surface area contributed by atoms with E-state index in [4.69, 9.17) is 19.7 Å². The molecule has 0 radical (unpaired) electrons. The number of aliphatic carboxylic acids is 2. The maximum Gasteiger partial charge on any atom is 0.317 e. The molecule has 0 amide bonds. The molecular weight excluding hydrogens is 240 g/mol. The third-order valence-corrected chi connectivity index (χ3v) is 2.02. The maximum atomic E-state index is 9.76. The molecule has 0 aliphatic rings. The average Bonchev–Trinajstić information content (AvgIpc) is 2.38. The van der Waals surface area contributed by atoms with E-state index in [1.165, 1.54) is 0 Å². The van der Waals surface area contributed by atoms with Gasteiger partial charge in [0.1, 0.15) is 11.5 Å². The van der Waals surface area contributed by atoms with Gasteiger partial charge in [-0.1, -0.05) is 6.07 Å². The number of hydrogen-bond acceptors (Lipinski definition) is 4. The first-order valence-electron chi connectivity index (χ1n) is 5.06. The smallest absolute Gasteiger partial charge is 0.317 e. The summed E-state index contributed by atoms with van der Waals surface area (Å²) in [7, 11) is 3.27. The van der Waals surface area contributed by atoms with Gasteiger partial charge in [-0.2, -0.15) is 0 Å². The number of carboxylic acids is 2. The molecule has 1 aromatic carbocycles. The van der Waals surface area contributed by atoms with Gasteiger partial charge in [-0.25, -0.2) is 0 Å². The summed E-state index contributed by atoms with van der Waals surface area (Å²) in [5, 5.41) is 15.9. The average molecular weight is 256 g/mol. The van der Waals surface area contributed by atoms with Gasteiger partial charge in [0.2, 0.25) is 0 Å². The predicted octanol–water partition coefficient (Wildman–Crippen LogP) is 1.50. The van der Waals surface area contributed by atoms with Crippen LogP contribution in [0.2, 0.25) is 0 Å². The van der Waals surface area contributed by atoms with E-state index < -0.39 is 17.9 Å². The Morgan fingerprint density at radius 2 is 1.44 bits per heavy atom. The van der Waals surface area contributed by atoms with E-state index in [0.717, 1.165) is 18.4 Å². The molecule has 1 aromatic rings. The van der Waals surface area contributed by atoms with E-state index in [2.05, 4.69) is 0 Å². The first-order chi connectivity index (χ1) is 8.42. The van der Waals surface area contributed by atoms with Gasteiger partial charge in [0.05, 0.1) is 14.2 Å². The second-order valence-electron chi connectivity index (χ2n) is 3.28. The molecule has 6 nitrogen and oxygen atoms in total. The minimum Gasteiger partial charge on any atom is -0.497 e. The fraction of sp³-hybridized carbons (Fsp3) is 0.333. The summed E-state index contributed by atoms with van der Waals surface area (Å²) in [4.78, 5) is 19.5. The Hall–Kier alpha value is -2.24. The Balaban J connectivity index is 0.000000331. The Kier molecular flexibility index (Phi) is 6.95. The summed E-state index contributed by atoms with van der Waals surface area (Å²) in [5.74, 6) is -2.27. The SMILES string of the molecule is CC(C(=O)O)C(=O)O.COc1cccc(OC)c1. The summed E-state index contributed by atoms with van der Waals surface area (Å²) in [6, 6.07) is 7.47. The lowest BCUT2D eigenvalue weighted by molar-refractivity contribution is -0.153. The fourth-order valence-electron chi connectivity index (χ4n) is 0.834. The third-order valence-electron chi connectivity index (χ3n) is 2.02. The van der Waals surface area contributed by atoms with Gasteiger partial charge in [-0.15, -0.1) is 0 Å². The van der Waals surface area contributed by atoms with Gasteiger partial charge in [-0.3, -0.25) is 9.59 Å². The maximum absolute atomic E-state index is 9.76. The fourth-order valence-corrected chi connectivity index (χ4v) is 0.834. The number of methoxy groups -OCH3 is 2. The van der Waals surface area contributed by atoms with Gasteiger partial charge < -0.3 is 19.7 Å². The zero-order valence-electron chi connectivity index (χ0n) is 10.4. The van der Waals surface area contributed by atoms with E-state index >= 15 is 0 Å². The number of carbonyl (C=O) groups is 2. The second-order valence-corrected chi connectivity index (χ2v) is 3.28. The normalized spacial score (nSPS) is 9.11. The number of rotatable bonds is 4. The van der Waals surface area contributed by atoms with Crippen molar-refractivity contribution in [1.82, 2.24) is 0 Å². The van der Waals surface area contributed by atoms with E-state index in [-0.39, 0.29) is 0 Å². The van der Waals surface area contributed by atoms with Crippen LogP contribution in [0.1, 0.15) is 6.92 Å². The molecule has 0 atom stereocenters. The van der Waals surface area contributed by atoms with E-state index in [1.54, 1.807) is 14.2 Å².